The predicted molar refractivity (Wildman–Crippen MR) is 54.8 cm³/mol. The van der Waals surface area contributed by atoms with Crippen molar-refractivity contribution in [3.63, 3.8) is 0 Å². The van der Waals surface area contributed by atoms with E-state index in [9.17, 15) is 4.79 Å². The van der Waals surface area contributed by atoms with Gasteiger partial charge in [-0.2, -0.15) is 0 Å². The van der Waals surface area contributed by atoms with E-state index in [1.807, 2.05) is 6.92 Å². The Morgan fingerprint density at radius 1 is 1.71 bits per heavy atom. The summed E-state index contributed by atoms with van der Waals surface area (Å²) in [6.45, 7) is 4.87. The van der Waals surface area contributed by atoms with Crippen LogP contribution in [0.15, 0.2) is 0 Å². The van der Waals surface area contributed by atoms with Gasteiger partial charge in [0, 0.05) is 25.1 Å². The van der Waals surface area contributed by atoms with Gasteiger partial charge in [0.1, 0.15) is 0 Å². The van der Waals surface area contributed by atoms with Gasteiger partial charge in [-0.1, -0.05) is 0 Å². The van der Waals surface area contributed by atoms with Gasteiger partial charge in [-0.15, -0.1) is 0 Å². The predicted octanol–water partition coefficient (Wildman–Crippen LogP) is 0.407. The highest BCUT2D eigenvalue weighted by Gasteiger charge is 2.20. The van der Waals surface area contributed by atoms with Gasteiger partial charge in [0.05, 0.1) is 6.10 Å². The Hall–Kier alpha value is -0.610. The van der Waals surface area contributed by atoms with Crippen LogP contribution in [0.5, 0.6) is 0 Å². The standard InChI is InChI=1S/C10H20N2O2/c1-7(5-10(11)13)12-9-3-4-14-8(2)6-9/h7-9,12H,3-6H2,1-2H3,(H2,11,13). The van der Waals surface area contributed by atoms with Gasteiger partial charge in [0.2, 0.25) is 5.91 Å². The highest BCUT2D eigenvalue weighted by atomic mass is 16.5. The van der Waals surface area contributed by atoms with Crippen molar-refractivity contribution in [2.45, 2.75) is 51.3 Å². The molecular formula is C10H20N2O2. The SMILES string of the molecule is CC(CC(N)=O)NC1CCOC(C)C1. The number of rotatable bonds is 4. The molecule has 1 saturated heterocycles. The molecule has 1 rings (SSSR count). The molecule has 0 saturated carbocycles. The number of ether oxygens (including phenoxy) is 1. The van der Waals surface area contributed by atoms with E-state index in [4.69, 9.17) is 10.5 Å². The molecule has 0 aromatic carbocycles. The zero-order valence-electron chi connectivity index (χ0n) is 8.95. The molecule has 82 valence electrons. The van der Waals surface area contributed by atoms with Crippen molar-refractivity contribution in [2.75, 3.05) is 6.61 Å². The first-order valence-corrected chi connectivity index (χ1v) is 5.24. The first-order chi connectivity index (χ1) is 6.58. The Morgan fingerprint density at radius 2 is 2.43 bits per heavy atom. The molecule has 1 aliphatic heterocycles. The van der Waals surface area contributed by atoms with Crippen LogP contribution in [0.2, 0.25) is 0 Å². The van der Waals surface area contributed by atoms with E-state index in [1.54, 1.807) is 0 Å². The van der Waals surface area contributed by atoms with Crippen molar-refractivity contribution < 1.29 is 9.53 Å². The summed E-state index contributed by atoms with van der Waals surface area (Å²) in [6.07, 6.45) is 2.77. The van der Waals surface area contributed by atoms with Crippen LogP contribution in [-0.4, -0.2) is 30.7 Å². The van der Waals surface area contributed by atoms with E-state index in [0.717, 1.165) is 19.4 Å². The van der Waals surface area contributed by atoms with Crippen molar-refractivity contribution in [1.82, 2.24) is 5.32 Å². The normalized spacial score (nSPS) is 29.9. The second-order valence-electron chi connectivity index (χ2n) is 4.14. The summed E-state index contributed by atoms with van der Waals surface area (Å²) in [5.74, 6) is -0.245. The quantitative estimate of drug-likeness (QED) is 0.690. The second-order valence-corrected chi connectivity index (χ2v) is 4.14. The molecule has 0 bridgehead atoms. The Bertz CT molecular complexity index is 197. The van der Waals surface area contributed by atoms with Crippen molar-refractivity contribution in [3.05, 3.63) is 0 Å². The number of hydrogen-bond donors (Lipinski definition) is 2. The molecule has 4 heteroatoms. The van der Waals surface area contributed by atoms with Gasteiger partial charge in [-0.3, -0.25) is 4.79 Å². The minimum atomic E-state index is -0.245. The van der Waals surface area contributed by atoms with Gasteiger partial charge in [-0.05, 0) is 26.7 Å². The molecule has 1 amide bonds. The zero-order chi connectivity index (χ0) is 10.6. The molecule has 0 radical (unpaired) electrons. The third kappa shape index (κ3) is 4.07. The minimum absolute atomic E-state index is 0.169. The molecule has 1 fully saturated rings. The third-order valence-electron chi connectivity index (χ3n) is 2.51. The molecule has 0 aliphatic carbocycles. The fourth-order valence-corrected chi connectivity index (χ4v) is 1.91. The number of primary amides is 1. The smallest absolute Gasteiger partial charge is 0.218 e. The Labute approximate surface area is 85.2 Å². The van der Waals surface area contributed by atoms with Crippen LogP contribution in [0.1, 0.15) is 33.1 Å². The summed E-state index contributed by atoms with van der Waals surface area (Å²) in [7, 11) is 0. The summed E-state index contributed by atoms with van der Waals surface area (Å²) in [5.41, 5.74) is 5.12. The largest absolute Gasteiger partial charge is 0.378 e. The van der Waals surface area contributed by atoms with Crippen LogP contribution in [0.3, 0.4) is 0 Å². The van der Waals surface area contributed by atoms with Gasteiger partial charge in [0.25, 0.3) is 0 Å². The van der Waals surface area contributed by atoms with Crippen LogP contribution < -0.4 is 11.1 Å². The van der Waals surface area contributed by atoms with E-state index < -0.39 is 0 Å². The highest BCUT2D eigenvalue weighted by Crippen LogP contribution is 2.13. The highest BCUT2D eigenvalue weighted by molar-refractivity contribution is 5.74. The van der Waals surface area contributed by atoms with Crippen LogP contribution in [0.4, 0.5) is 0 Å². The number of carbonyl (C=O) groups excluding carboxylic acids is 1. The van der Waals surface area contributed by atoms with E-state index in [0.29, 0.717) is 18.6 Å². The molecule has 0 aromatic rings. The molecule has 3 N–H and O–H groups in total. The van der Waals surface area contributed by atoms with Crippen molar-refractivity contribution >= 4 is 5.91 Å². The van der Waals surface area contributed by atoms with Crippen molar-refractivity contribution in [1.29, 1.82) is 0 Å². The molecule has 14 heavy (non-hydrogen) atoms. The number of amides is 1. The van der Waals surface area contributed by atoms with Crippen LogP contribution in [0, 0.1) is 0 Å². The lowest BCUT2D eigenvalue weighted by atomic mass is 10.0. The fourth-order valence-electron chi connectivity index (χ4n) is 1.91. The topological polar surface area (TPSA) is 64.4 Å². The van der Waals surface area contributed by atoms with Gasteiger partial charge < -0.3 is 15.8 Å². The summed E-state index contributed by atoms with van der Waals surface area (Å²) in [6, 6.07) is 0.635. The molecule has 1 heterocycles. The number of nitrogens with one attached hydrogen (secondary N) is 1. The van der Waals surface area contributed by atoms with Crippen LogP contribution in [-0.2, 0) is 9.53 Å². The van der Waals surface area contributed by atoms with E-state index >= 15 is 0 Å². The summed E-state index contributed by atoms with van der Waals surface area (Å²) < 4.78 is 5.44. The average Bonchev–Trinajstić information content (AvgIpc) is 2.01. The summed E-state index contributed by atoms with van der Waals surface area (Å²) in [5, 5.41) is 3.40. The van der Waals surface area contributed by atoms with E-state index in [1.165, 1.54) is 0 Å². The van der Waals surface area contributed by atoms with Gasteiger partial charge >= 0.3 is 0 Å². The molecule has 4 nitrogen and oxygen atoms in total. The molecule has 0 spiro atoms. The van der Waals surface area contributed by atoms with Gasteiger partial charge in [0.15, 0.2) is 0 Å². The lowest BCUT2D eigenvalue weighted by Gasteiger charge is -2.30. The Morgan fingerprint density at radius 3 is 3.00 bits per heavy atom. The molecule has 3 unspecified atom stereocenters. The first-order valence-electron chi connectivity index (χ1n) is 5.24. The molecule has 3 atom stereocenters. The number of carbonyl (C=O) groups is 1. The lowest BCUT2D eigenvalue weighted by Crippen LogP contribution is -2.43. The lowest BCUT2D eigenvalue weighted by molar-refractivity contribution is -0.118. The Balaban J connectivity index is 2.25. The number of nitrogens with two attached hydrogens (primary N) is 1. The van der Waals surface area contributed by atoms with Crippen molar-refractivity contribution in [2.24, 2.45) is 5.73 Å². The maximum absolute atomic E-state index is 10.7. The summed E-state index contributed by atoms with van der Waals surface area (Å²) in [4.78, 5) is 10.7. The monoisotopic (exact) mass is 200 g/mol. The van der Waals surface area contributed by atoms with E-state index in [2.05, 4.69) is 12.2 Å². The average molecular weight is 200 g/mol. The van der Waals surface area contributed by atoms with Crippen LogP contribution in [0.25, 0.3) is 0 Å². The fraction of sp³-hybridized carbons (Fsp3) is 0.900. The van der Waals surface area contributed by atoms with Gasteiger partial charge in [-0.25, -0.2) is 0 Å². The maximum atomic E-state index is 10.7. The van der Waals surface area contributed by atoms with Crippen molar-refractivity contribution in [3.8, 4) is 0 Å². The third-order valence-corrected chi connectivity index (χ3v) is 2.51. The van der Waals surface area contributed by atoms with Crippen LogP contribution >= 0.6 is 0 Å². The number of hydrogen-bond acceptors (Lipinski definition) is 3. The Kier molecular flexibility index (Phi) is 4.35. The first kappa shape index (κ1) is 11.5. The maximum Gasteiger partial charge on any atom is 0.218 e. The second kappa shape index (κ2) is 5.32. The molecule has 0 aromatic heterocycles. The zero-order valence-corrected chi connectivity index (χ0v) is 8.95. The molecule has 1 aliphatic rings. The molecular weight excluding hydrogens is 180 g/mol. The minimum Gasteiger partial charge on any atom is -0.378 e. The van der Waals surface area contributed by atoms with E-state index in [-0.39, 0.29) is 11.9 Å². The summed E-state index contributed by atoms with van der Waals surface area (Å²) >= 11 is 0.